The molecule has 0 unspecified atom stereocenters. The molecule has 186 valence electrons. The smallest absolute Gasteiger partial charge is 0.310 e. The van der Waals surface area contributed by atoms with Gasteiger partial charge in [-0.05, 0) is 47.5 Å². The quantitative estimate of drug-likeness (QED) is 0.316. The molecule has 4 aromatic rings. The maximum Gasteiger partial charge on any atom is 0.310 e. The highest BCUT2D eigenvalue weighted by molar-refractivity contribution is 5.96. The first-order valence-corrected chi connectivity index (χ1v) is 11.4. The Balaban J connectivity index is 1.60. The summed E-state index contributed by atoms with van der Waals surface area (Å²) in [6, 6.07) is 25.5. The second-order valence-corrected chi connectivity index (χ2v) is 7.95. The van der Waals surface area contributed by atoms with E-state index in [-0.39, 0.29) is 17.9 Å². The second-order valence-electron chi connectivity index (χ2n) is 7.95. The van der Waals surface area contributed by atoms with Crippen molar-refractivity contribution in [3.05, 3.63) is 90.0 Å². The van der Waals surface area contributed by atoms with Gasteiger partial charge in [-0.1, -0.05) is 42.5 Å². The standard InChI is InChI=1S/C29H24N2O6/c1-34-22-12-8-20(9-13-22)27-24(17-30)29(37-28(27)21-10-14-23(35-2)15-11-21)31-25(32)18-36-26(33)16-19-6-4-3-5-7-19/h3-15H,16,18H2,1-2H3,(H,31,32). The van der Waals surface area contributed by atoms with E-state index in [2.05, 4.69) is 11.4 Å². The number of methoxy groups -OCH3 is 2. The predicted octanol–water partition coefficient (Wildman–Crippen LogP) is 5.23. The summed E-state index contributed by atoms with van der Waals surface area (Å²) in [4.78, 5) is 24.7. The van der Waals surface area contributed by atoms with Gasteiger partial charge in [0.05, 0.1) is 20.6 Å². The fourth-order valence-corrected chi connectivity index (χ4v) is 3.73. The molecule has 0 bridgehead atoms. The number of rotatable bonds is 9. The zero-order valence-corrected chi connectivity index (χ0v) is 20.3. The monoisotopic (exact) mass is 496 g/mol. The third kappa shape index (κ3) is 5.97. The number of nitriles is 1. The van der Waals surface area contributed by atoms with Gasteiger partial charge in [-0.3, -0.25) is 14.9 Å². The molecular formula is C29H24N2O6. The molecule has 1 amide bonds. The third-order valence-corrected chi connectivity index (χ3v) is 5.56. The minimum atomic E-state index is -0.630. The van der Waals surface area contributed by atoms with Crippen LogP contribution in [0.5, 0.6) is 11.5 Å². The number of hydrogen-bond donors (Lipinski definition) is 1. The van der Waals surface area contributed by atoms with Crippen molar-refractivity contribution >= 4 is 17.8 Å². The van der Waals surface area contributed by atoms with E-state index < -0.39 is 18.5 Å². The number of nitrogens with zero attached hydrogens (tertiary/aromatic N) is 1. The Bertz CT molecular complexity index is 1420. The molecule has 0 aliphatic carbocycles. The van der Waals surface area contributed by atoms with Crippen molar-refractivity contribution in [2.24, 2.45) is 0 Å². The van der Waals surface area contributed by atoms with Crippen molar-refractivity contribution < 1.29 is 28.2 Å². The number of amides is 1. The van der Waals surface area contributed by atoms with Crippen molar-refractivity contribution in [1.29, 1.82) is 5.26 Å². The molecular weight excluding hydrogens is 472 g/mol. The Labute approximate surface area is 214 Å². The summed E-state index contributed by atoms with van der Waals surface area (Å²) >= 11 is 0. The fourth-order valence-electron chi connectivity index (χ4n) is 3.73. The minimum absolute atomic E-state index is 0.0387. The summed E-state index contributed by atoms with van der Waals surface area (Å²) in [5.74, 6) is 0.493. The number of carbonyl (C=O) groups is 2. The molecule has 1 aromatic heterocycles. The topological polar surface area (TPSA) is 111 Å². The highest BCUT2D eigenvalue weighted by atomic mass is 16.5. The van der Waals surface area contributed by atoms with Crippen LogP contribution < -0.4 is 14.8 Å². The number of esters is 1. The largest absolute Gasteiger partial charge is 0.497 e. The molecule has 37 heavy (non-hydrogen) atoms. The molecule has 8 nitrogen and oxygen atoms in total. The van der Waals surface area contributed by atoms with Gasteiger partial charge in [0.25, 0.3) is 5.91 Å². The Morgan fingerprint density at radius 2 is 1.46 bits per heavy atom. The van der Waals surface area contributed by atoms with Gasteiger partial charge in [-0.2, -0.15) is 5.26 Å². The molecule has 1 N–H and O–H groups in total. The van der Waals surface area contributed by atoms with Crippen LogP contribution in [0.4, 0.5) is 5.88 Å². The van der Waals surface area contributed by atoms with Crippen LogP contribution in [-0.2, 0) is 20.7 Å². The number of benzene rings is 3. The van der Waals surface area contributed by atoms with Gasteiger partial charge in [0.15, 0.2) is 6.61 Å². The highest BCUT2D eigenvalue weighted by Crippen LogP contribution is 2.42. The number of nitrogens with one attached hydrogen (secondary N) is 1. The van der Waals surface area contributed by atoms with Crippen LogP contribution in [0.3, 0.4) is 0 Å². The summed E-state index contributed by atoms with van der Waals surface area (Å²) in [6.45, 7) is -0.521. The van der Waals surface area contributed by atoms with Crippen LogP contribution in [0.25, 0.3) is 22.5 Å². The van der Waals surface area contributed by atoms with Crippen LogP contribution in [-0.4, -0.2) is 32.7 Å². The van der Waals surface area contributed by atoms with Crippen LogP contribution in [0.1, 0.15) is 11.1 Å². The fraction of sp³-hybridized carbons (Fsp3) is 0.138. The SMILES string of the molecule is COc1ccc(-c2oc(NC(=O)COC(=O)Cc3ccccc3)c(C#N)c2-c2ccc(OC)cc2)cc1. The number of carbonyl (C=O) groups excluding carboxylic acids is 2. The van der Waals surface area contributed by atoms with Crippen LogP contribution in [0.2, 0.25) is 0 Å². The number of anilines is 1. The summed E-state index contributed by atoms with van der Waals surface area (Å²) < 4.78 is 21.6. The van der Waals surface area contributed by atoms with E-state index >= 15 is 0 Å². The first-order chi connectivity index (χ1) is 18.0. The second kappa shape index (κ2) is 11.6. The lowest BCUT2D eigenvalue weighted by molar-refractivity contribution is -0.146. The van der Waals surface area contributed by atoms with Gasteiger partial charge in [0.1, 0.15) is 28.9 Å². The Morgan fingerprint density at radius 1 is 0.865 bits per heavy atom. The molecule has 0 atom stereocenters. The van der Waals surface area contributed by atoms with E-state index in [4.69, 9.17) is 18.6 Å². The van der Waals surface area contributed by atoms with E-state index in [1.165, 1.54) is 0 Å². The molecule has 0 saturated carbocycles. The van der Waals surface area contributed by atoms with Crippen molar-refractivity contribution in [3.8, 4) is 40.0 Å². The van der Waals surface area contributed by atoms with Gasteiger partial charge in [-0.25, -0.2) is 0 Å². The first kappa shape index (κ1) is 25.1. The Hall–Kier alpha value is -5.03. The average Bonchev–Trinajstić information content (AvgIpc) is 3.30. The van der Waals surface area contributed by atoms with E-state index in [1.807, 2.05) is 18.2 Å². The minimum Gasteiger partial charge on any atom is -0.497 e. The zero-order chi connectivity index (χ0) is 26.2. The van der Waals surface area contributed by atoms with Crippen LogP contribution >= 0.6 is 0 Å². The molecule has 0 spiro atoms. The molecule has 0 aliphatic rings. The summed E-state index contributed by atoms with van der Waals surface area (Å²) in [5.41, 5.74) is 2.80. The maximum atomic E-state index is 12.6. The molecule has 0 radical (unpaired) electrons. The van der Waals surface area contributed by atoms with Gasteiger partial charge in [0.2, 0.25) is 5.88 Å². The number of hydrogen-bond acceptors (Lipinski definition) is 7. The summed E-state index contributed by atoms with van der Waals surface area (Å²) in [6.07, 6.45) is 0.0432. The van der Waals surface area contributed by atoms with Gasteiger partial charge < -0.3 is 18.6 Å². The lowest BCUT2D eigenvalue weighted by Gasteiger charge is -2.06. The van der Waals surface area contributed by atoms with E-state index in [0.717, 1.165) is 5.56 Å². The highest BCUT2D eigenvalue weighted by Gasteiger charge is 2.25. The van der Waals surface area contributed by atoms with Gasteiger partial charge in [-0.15, -0.1) is 0 Å². The van der Waals surface area contributed by atoms with Crippen molar-refractivity contribution in [1.82, 2.24) is 0 Å². The Kier molecular flexibility index (Phi) is 7.86. The van der Waals surface area contributed by atoms with E-state index in [1.54, 1.807) is 74.9 Å². The molecule has 0 aliphatic heterocycles. The molecule has 0 fully saturated rings. The van der Waals surface area contributed by atoms with Crippen LogP contribution in [0.15, 0.2) is 83.3 Å². The van der Waals surface area contributed by atoms with Crippen molar-refractivity contribution in [3.63, 3.8) is 0 Å². The van der Waals surface area contributed by atoms with E-state index in [9.17, 15) is 14.9 Å². The van der Waals surface area contributed by atoms with Gasteiger partial charge >= 0.3 is 5.97 Å². The normalized spacial score (nSPS) is 10.3. The van der Waals surface area contributed by atoms with Crippen molar-refractivity contribution in [2.45, 2.75) is 6.42 Å². The lowest BCUT2D eigenvalue weighted by Crippen LogP contribution is -2.21. The number of ether oxygens (including phenoxy) is 3. The predicted molar refractivity (Wildman–Crippen MR) is 137 cm³/mol. The third-order valence-electron chi connectivity index (χ3n) is 5.56. The Morgan fingerprint density at radius 3 is 2.03 bits per heavy atom. The summed E-state index contributed by atoms with van der Waals surface area (Å²) in [7, 11) is 3.13. The van der Waals surface area contributed by atoms with Crippen LogP contribution in [0, 0.1) is 11.3 Å². The molecule has 4 rings (SSSR count). The number of furan rings is 1. The lowest BCUT2D eigenvalue weighted by atomic mass is 9.98. The van der Waals surface area contributed by atoms with Gasteiger partial charge in [0, 0.05) is 11.1 Å². The molecule has 1 heterocycles. The molecule has 8 heteroatoms. The first-order valence-electron chi connectivity index (χ1n) is 11.4. The molecule has 0 saturated heterocycles. The zero-order valence-electron chi connectivity index (χ0n) is 20.3. The van der Waals surface area contributed by atoms with E-state index in [0.29, 0.717) is 33.9 Å². The summed E-state index contributed by atoms with van der Waals surface area (Å²) in [5, 5.41) is 12.6. The molecule has 3 aromatic carbocycles. The average molecular weight is 497 g/mol. The maximum absolute atomic E-state index is 12.6. The van der Waals surface area contributed by atoms with Crippen molar-refractivity contribution in [2.75, 3.05) is 26.1 Å².